The summed E-state index contributed by atoms with van der Waals surface area (Å²) in [6.07, 6.45) is 5.02. The third-order valence-electron chi connectivity index (χ3n) is 2.87. The summed E-state index contributed by atoms with van der Waals surface area (Å²) in [5.74, 6) is 0.547. The molecule has 0 spiro atoms. The van der Waals surface area contributed by atoms with E-state index < -0.39 is 10.8 Å². The van der Waals surface area contributed by atoms with Crippen LogP contribution in [-0.4, -0.2) is 27.5 Å². The Morgan fingerprint density at radius 3 is 3.18 bits per heavy atom. The number of hydrogen-bond donors (Lipinski definition) is 1. The molecule has 0 radical (unpaired) electrons. The van der Waals surface area contributed by atoms with E-state index in [1.807, 2.05) is 6.07 Å². The van der Waals surface area contributed by atoms with Crippen LogP contribution in [0.15, 0.2) is 23.4 Å². The van der Waals surface area contributed by atoms with E-state index in [1.54, 1.807) is 18.3 Å². The van der Waals surface area contributed by atoms with Gasteiger partial charge in [0.2, 0.25) is 0 Å². The lowest BCUT2D eigenvalue weighted by molar-refractivity contribution is 0.427. The molecule has 0 aromatic carbocycles. The molecular weight excluding hydrogens is 234 g/mol. The summed E-state index contributed by atoms with van der Waals surface area (Å²) in [5.41, 5.74) is 0.418. The van der Waals surface area contributed by atoms with Crippen LogP contribution < -0.4 is 5.32 Å². The first-order valence-electron chi connectivity index (χ1n) is 5.78. The van der Waals surface area contributed by atoms with Gasteiger partial charge >= 0.3 is 0 Å². The van der Waals surface area contributed by atoms with Crippen LogP contribution >= 0.6 is 0 Å². The topological polar surface area (TPSA) is 65.8 Å². The SMILES string of the molecule is N#Cc1cccnc1S(=O)CC1CCCCN1. The Morgan fingerprint density at radius 1 is 1.59 bits per heavy atom. The lowest BCUT2D eigenvalue weighted by atomic mass is 10.1. The number of nitriles is 1. The van der Waals surface area contributed by atoms with Crippen LogP contribution in [0.1, 0.15) is 24.8 Å². The van der Waals surface area contributed by atoms with Crippen molar-refractivity contribution in [3.8, 4) is 6.07 Å². The first-order chi connectivity index (χ1) is 8.31. The van der Waals surface area contributed by atoms with Gasteiger partial charge in [0.05, 0.1) is 16.4 Å². The molecule has 1 saturated heterocycles. The van der Waals surface area contributed by atoms with Crippen LogP contribution in [0, 0.1) is 11.3 Å². The fourth-order valence-electron chi connectivity index (χ4n) is 1.99. The van der Waals surface area contributed by atoms with Crippen molar-refractivity contribution in [1.82, 2.24) is 10.3 Å². The smallest absolute Gasteiger partial charge is 0.144 e. The number of aromatic nitrogens is 1. The highest BCUT2D eigenvalue weighted by Crippen LogP contribution is 2.14. The van der Waals surface area contributed by atoms with E-state index in [4.69, 9.17) is 5.26 Å². The molecule has 2 rings (SSSR count). The number of rotatable bonds is 3. The van der Waals surface area contributed by atoms with Gasteiger partial charge in [-0.1, -0.05) is 6.42 Å². The second-order valence-electron chi connectivity index (χ2n) is 4.13. The molecule has 1 aromatic heterocycles. The second kappa shape index (κ2) is 5.89. The van der Waals surface area contributed by atoms with E-state index >= 15 is 0 Å². The number of nitrogens with zero attached hydrogens (tertiary/aromatic N) is 2. The minimum Gasteiger partial charge on any atom is -0.313 e. The maximum Gasteiger partial charge on any atom is 0.144 e. The first-order valence-corrected chi connectivity index (χ1v) is 7.10. The van der Waals surface area contributed by atoms with Crippen molar-refractivity contribution in [2.24, 2.45) is 0 Å². The molecule has 0 amide bonds. The average Bonchev–Trinajstić information content (AvgIpc) is 2.40. The predicted octanol–water partition coefficient (Wildman–Crippen LogP) is 1.20. The van der Waals surface area contributed by atoms with Crippen LogP contribution in [-0.2, 0) is 10.8 Å². The van der Waals surface area contributed by atoms with E-state index in [9.17, 15) is 4.21 Å². The van der Waals surface area contributed by atoms with Crippen LogP contribution in [0.25, 0.3) is 0 Å². The lowest BCUT2D eigenvalue weighted by Gasteiger charge is -2.22. The quantitative estimate of drug-likeness (QED) is 0.874. The molecule has 4 nitrogen and oxygen atoms in total. The Morgan fingerprint density at radius 2 is 2.47 bits per heavy atom. The van der Waals surface area contributed by atoms with Crippen molar-refractivity contribution in [3.05, 3.63) is 23.9 Å². The molecule has 0 aliphatic carbocycles. The normalized spacial score (nSPS) is 21.7. The van der Waals surface area contributed by atoms with E-state index in [0.29, 0.717) is 16.3 Å². The average molecular weight is 249 g/mol. The second-order valence-corrected chi connectivity index (χ2v) is 5.54. The number of piperidine rings is 1. The van der Waals surface area contributed by atoms with Gasteiger partial charge in [-0.3, -0.25) is 4.21 Å². The summed E-state index contributed by atoms with van der Waals surface area (Å²) in [4.78, 5) is 4.06. The van der Waals surface area contributed by atoms with Gasteiger partial charge in [0.15, 0.2) is 0 Å². The third kappa shape index (κ3) is 3.11. The minimum atomic E-state index is -1.19. The Balaban J connectivity index is 2.06. The van der Waals surface area contributed by atoms with Gasteiger partial charge in [0.1, 0.15) is 11.1 Å². The highest BCUT2D eigenvalue weighted by Gasteiger charge is 2.18. The first kappa shape index (κ1) is 12.2. The van der Waals surface area contributed by atoms with Gasteiger partial charge in [-0.05, 0) is 31.5 Å². The molecule has 1 aliphatic heterocycles. The molecule has 2 heterocycles. The summed E-state index contributed by atoms with van der Waals surface area (Å²) in [5, 5.41) is 12.7. The molecule has 1 aromatic rings. The van der Waals surface area contributed by atoms with Crippen LogP contribution in [0.4, 0.5) is 0 Å². The Kier molecular flexibility index (Phi) is 4.24. The summed E-state index contributed by atoms with van der Waals surface area (Å²) in [6.45, 7) is 0.995. The van der Waals surface area contributed by atoms with Gasteiger partial charge < -0.3 is 5.32 Å². The summed E-state index contributed by atoms with van der Waals surface area (Å²) < 4.78 is 12.2. The van der Waals surface area contributed by atoms with Gasteiger partial charge in [0.25, 0.3) is 0 Å². The molecule has 2 atom stereocenters. The highest BCUT2D eigenvalue weighted by atomic mass is 32.2. The van der Waals surface area contributed by atoms with Crippen molar-refractivity contribution in [3.63, 3.8) is 0 Å². The molecule has 1 aliphatic rings. The summed E-state index contributed by atoms with van der Waals surface area (Å²) in [6, 6.07) is 5.68. The molecule has 1 N–H and O–H groups in total. The molecule has 5 heteroatoms. The van der Waals surface area contributed by atoms with Gasteiger partial charge in [0, 0.05) is 18.0 Å². The fraction of sp³-hybridized carbons (Fsp3) is 0.500. The molecule has 90 valence electrons. The Hall–Kier alpha value is -1.25. The van der Waals surface area contributed by atoms with Crippen molar-refractivity contribution in [2.75, 3.05) is 12.3 Å². The minimum absolute atomic E-state index is 0.290. The number of nitrogens with one attached hydrogen (secondary N) is 1. The van der Waals surface area contributed by atoms with Crippen LogP contribution in [0.2, 0.25) is 0 Å². The van der Waals surface area contributed by atoms with E-state index in [-0.39, 0.29) is 6.04 Å². The van der Waals surface area contributed by atoms with Crippen LogP contribution in [0.5, 0.6) is 0 Å². The zero-order valence-corrected chi connectivity index (χ0v) is 10.4. The van der Waals surface area contributed by atoms with Gasteiger partial charge in [-0.15, -0.1) is 0 Å². The molecule has 17 heavy (non-hydrogen) atoms. The Bertz CT molecular complexity index is 449. The molecular formula is C12H15N3OS. The zero-order chi connectivity index (χ0) is 12.1. The lowest BCUT2D eigenvalue weighted by Crippen LogP contribution is -2.38. The fourth-order valence-corrected chi connectivity index (χ4v) is 3.33. The molecule has 0 saturated carbocycles. The van der Waals surface area contributed by atoms with E-state index in [1.165, 1.54) is 12.8 Å². The van der Waals surface area contributed by atoms with Gasteiger partial charge in [-0.25, -0.2) is 4.98 Å². The van der Waals surface area contributed by atoms with E-state index in [0.717, 1.165) is 13.0 Å². The molecule has 0 bridgehead atoms. The largest absolute Gasteiger partial charge is 0.313 e. The molecule has 2 unspecified atom stereocenters. The Labute approximate surface area is 104 Å². The monoisotopic (exact) mass is 249 g/mol. The van der Waals surface area contributed by atoms with Crippen LogP contribution in [0.3, 0.4) is 0 Å². The van der Waals surface area contributed by atoms with Crippen molar-refractivity contribution in [2.45, 2.75) is 30.3 Å². The number of pyridine rings is 1. The van der Waals surface area contributed by atoms with Crippen molar-refractivity contribution in [1.29, 1.82) is 5.26 Å². The predicted molar refractivity (Wildman–Crippen MR) is 65.9 cm³/mol. The maximum atomic E-state index is 12.2. The van der Waals surface area contributed by atoms with Crippen molar-refractivity contribution < 1.29 is 4.21 Å². The van der Waals surface area contributed by atoms with Crippen molar-refractivity contribution >= 4 is 10.8 Å². The third-order valence-corrected chi connectivity index (χ3v) is 4.33. The summed E-state index contributed by atoms with van der Waals surface area (Å²) >= 11 is 0. The molecule has 1 fully saturated rings. The van der Waals surface area contributed by atoms with Gasteiger partial charge in [-0.2, -0.15) is 5.26 Å². The van der Waals surface area contributed by atoms with E-state index in [2.05, 4.69) is 10.3 Å². The maximum absolute atomic E-state index is 12.2. The zero-order valence-electron chi connectivity index (χ0n) is 9.56. The highest BCUT2D eigenvalue weighted by molar-refractivity contribution is 7.85. The standard InChI is InChI=1S/C12H15N3OS/c13-8-10-4-3-7-15-12(10)17(16)9-11-5-1-2-6-14-11/h3-4,7,11,14H,1-2,5-6,9H2. The summed E-state index contributed by atoms with van der Waals surface area (Å²) in [7, 11) is -1.19. The number of hydrogen-bond acceptors (Lipinski definition) is 4.